The highest BCUT2D eigenvalue weighted by Crippen LogP contribution is 2.33. The second-order valence-corrected chi connectivity index (χ2v) is 7.98. The van der Waals surface area contributed by atoms with Crippen LogP contribution in [0.1, 0.15) is 10.4 Å². The molecule has 4 rings (SSSR count). The molecule has 0 unspecified atom stereocenters. The molecule has 1 fully saturated rings. The van der Waals surface area contributed by atoms with Crippen LogP contribution in [0.15, 0.2) is 36.4 Å². The Morgan fingerprint density at radius 3 is 2.69 bits per heavy atom. The first-order chi connectivity index (χ1) is 12.7. The van der Waals surface area contributed by atoms with E-state index in [4.69, 9.17) is 16.3 Å². The van der Waals surface area contributed by atoms with Crippen molar-refractivity contribution in [3.63, 3.8) is 0 Å². The molecule has 0 amide bonds. The highest BCUT2D eigenvalue weighted by atomic mass is 35.5. The zero-order chi connectivity index (χ0) is 17.9. The molecule has 26 heavy (non-hydrogen) atoms. The minimum absolute atomic E-state index is 0.306. The lowest BCUT2D eigenvalue weighted by atomic mass is 10.2. The minimum Gasteiger partial charge on any atom is -0.378 e. The molecule has 0 atom stereocenters. The number of rotatable bonds is 5. The molecule has 0 aliphatic carbocycles. The molecule has 1 saturated heterocycles. The average Bonchev–Trinajstić information content (AvgIpc) is 3.04. The van der Waals surface area contributed by atoms with Crippen molar-refractivity contribution < 1.29 is 4.74 Å². The third kappa shape index (κ3) is 3.99. The number of aromatic nitrogens is 2. The van der Waals surface area contributed by atoms with E-state index >= 15 is 0 Å². The normalized spacial score (nSPS) is 15.1. The van der Waals surface area contributed by atoms with Gasteiger partial charge in [-0.2, -0.15) is 4.98 Å². The van der Waals surface area contributed by atoms with Crippen LogP contribution in [0.3, 0.4) is 0 Å². The van der Waals surface area contributed by atoms with E-state index in [1.54, 1.807) is 11.3 Å². The Labute approximate surface area is 162 Å². The molecule has 1 aliphatic rings. The van der Waals surface area contributed by atoms with E-state index < -0.39 is 0 Å². The van der Waals surface area contributed by atoms with Crippen LogP contribution in [-0.2, 0) is 17.8 Å². The Kier molecular flexibility index (Phi) is 5.36. The predicted molar refractivity (Wildman–Crippen MR) is 107 cm³/mol. The second-order valence-electron chi connectivity index (χ2n) is 6.50. The van der Waals surface area contributed by atoms with Crippen molar-refractivity contribution in [2.45, 2.75) is 13.1 Å². The number of morpholine rings is 1. The molecule has 2 aromatic heterocycles. The van der Waals surface area contributed by atoms with Gasteiger partial charge in [0.15, 0.2) is 5.82 Å². The zero-order valence-electron chi connectivity index (χ0n) is 14.7. The van der Waals surface area contributed by atoms with Gasteiger partial charge in [0.05, 0.1) is 23.4 Å². The molecular weight excluding hydrogens is 368 g/mol. The Bertz CT molecular complexity index is 880. The minimum atomic E-state index is 0.306. The van der Waals surface area contributed by atoms with Gasteiger partial charge in [0.25, 0.3) is 0 Å². The van der Waals surface area contributed by atoms with Gasteiger partial charge in [-0.05, 0) is 30.3 Å². The fourth-order valence-corrected chi connectivity index (χ4v) is 4.59. The van der Waals surface area contributed by atoms with E-state index in [0.717, 1.165) is 55.4 Å². The van der Waals surface area contributed by atoms with E-state index in [1.165, 1.54) is 10.4 Å². The topological polar surface area (TPSA) is 41.5 Å². The van der Waals surface area contributed by atoms with E-state index in [1.807, 2.05) is 6.07 Å². The van der Waals surface area contributed by atoms with Gasteiger partial charge in [-0.25, -0.2) is 4.98 Å². The molecule has 0 spiro atoms. The van der Waals surface area contributed by atoms with Gasteiger partial charge in [0.1, 0.15) is 0 Å². The number of hydrogen-bond acceptors (Lipinski definition) is 6. The van der Waals surface area contributed by atoms with Gasteiger partial charge in [-0.1, -0.05) is 30.3 Å². The first kappa shape index (κ1) is 17.7. The monoisotopic (exact) mass is 388 g/mol. The Morgan fingerprint density at radius 1 is 1.15 bits per heavy atom. The molecule has 0 N–H and O–H groups in total. The quantitative estimate of drug-likeness (QED) is 0.621. The summed E-state index contributed by atoms with van der Waals surface area (Å²) in [6.45, 7) is 4.91. The number of fused-ring (bicyclic) bond motifs is 1. The first-order valence-corrected chi connectivity index (χ1v) is 9.89. The van der Waals surface area contributed by atoms with Gasteiger partial charge < -0.3 is 9.64 Å². The largest absolute Gasteiger partial charge is 0.378 e. The lowest BCUT2D eigenvalue weighted by Gasteiger charge is -2.28. The molecule has 3 heterocycles. The number of halogens is 1. The van der Waals surface area contributed by atoms with Gasteiger partial charge >= 0.3 is 0 Å². The van der Waals surface area contributed by atoms with Crippen molar-refractivity contribution in [2.75, 3.05) is 38.3 Å². The maximum Gasteiger partial charge on any atom is 0.224 e. The van der Waals surface area contributed by atoms with E-state index in [2.05, 4.69) is 57.1 Å². The highest BCUT2D eigenvalue weighted by molar-refractivity contribution is 7.19. The van der Waals surface area contributed by atoms with Crippen LogP contribution >= 0.6 is 22.9 Å². The summed E-state index contributed by atoms with van der Waals surface area (Å²) in [4.78, 5) is 14.8. The summed E-state index contributed by atoms with van der Waals surface area (Å²) in [5, 5.41) is 0.306. The van der Waals surface area contributed by atoms with E-state index in [0.29, 0.717) is 5.28 Å². The van der Waals surface area contributed by atoms with Crippen molar-refractivity contribution in [3.05, 3.63) is 52.1 Å². The Morgan fingerprint density at radius 2 is 1.92 bits per heavy atom. The van der Waals surface area contributed by atoms with Crippen molar-refractivity contribution in [2.24, 2.45) is 0 Å². The molecule has 0 bridgehead atoms. The molecule has 3 aromatic rings. The van der Waals surface area contributed by atoms with Crippen LogP contribution in [0.2, 0.25) is 5.28 Å². The van der Waals surface area contributed by atoms with Crippen molar-refractivity contribution in [3.8, 4) is 0 Å². The molecule has 136 valence electrons. The summed E-state index contributed by atoms with van der Waals surface area (Å²) in [6, 6.07) is 12.7. The van der Waals surface area contributed by atoms with Gasteiger partial charge in [-0.3, -0.25) is 4.90 Å². The Hall–Kier alpha value is -1.73. The molecule has 0 saturated carbocycles. The molecule has 0 radical (unpaired) electrons. The van der Waals surface area contributed by atoms with Crippen molar-refractivity contribution >= 4 is 39.0 Å². The Balaban J connectivity index is 1.56. The third-order valence-corrected chi connectivity index (χ3v) is 5.68. The smallest absolute Gasteiger partial charge is 0.224 e. The van der Waals surface area contributed by atoms with E-state index in [-0.39, 0.29) is 0 Å². The summed E-state index contributed by atoms with van der Waals surface area (Å²) in [5.74, 6) is 0.935. The number of thiophene rings is 1. The summed E-state index contributed by atoms with van der Waals surface area (Å²) in [6.07, 6.45) is 0. The van der Waals surface area contributed by atoms with Gasteiger partial charge in [0, 0.05) is 31.1 Å². The number of nitrogens with zero attached hydrogens (tertiary/aromatic N) is 4. The molecule has 1 aromatic carbocycles. The first-order valence-electron chi connectivity index (χ1n) is 8.70. The highest BCUT2D eigenvalue weighted by Gasteiger charge is 2.19. The summed E-state index contributed by atoms with van der Waals surface area (Å²) in [5.41, 5.74) is 2.24. The summed E-state index contributed by atoms with van der Waals surface area (Å²) >= 11 is 7.94. The van der Waals surface area contributed by atoms with E-state index in [9.17, 15) is 0 Å². The molecule has 7 heteroatoms. The standard InChI is InChI=1S/C19H21ClN4OS/c1-23(12-14-5-3-2-4-6-14)13-15-11-16-17(26-15)18(22-19(20)21-16)24-7-9-25-10-8-24/h2-6,11H,7-10,12-13H2,1H3. The second kappa shape index (κ2) is 7.88. The number of ether oxygens (including phenoxy) is 1. The van der Waals surface area contributed by atoms with Gasteiger partial charge in [0.2, 0.25) is 5.28 Å². The number of hydrogen-bond donors (Lipinski definition) is 0. The third-order valence-electron chi connectivity index (χ3n) is 4.41. The molecular formula is C19H21ClN4OS. The van der Waals surface area contributed by atoms with Crippen LogP contribution in [0.4, 0.5) is 5.82 Å². The van der Waals surface area contributed by atoms with Crippen LogP contribution in [-0.4, -0.2) is 48.2 Å². The maximum absolute atomic E-state index is 6.18. The van der Waals surface area contributed by atoms with Gasteiger partial charge in [-0.15, -0.1) is 11.3 Å². The lowest BCUT2D eigenvalue weighted by molar-refractivity contribution is 0.122. The van der Waals surface area contributed by atoms with Crippen molar-refractivity contribution in [1.29, 1.82) is 0 Å². The lowest BCUT2D eigenvalue weighted by Crippen LogP contribution is -2.36. The van der Waals surface area contributed by atoms with Crippen LogP contribution in [0, 0.1) is 0 Å². The van der Waals surface area contributed by atoms with Crippen LogP contribution in [0.5, 0.6) is 0 Å². The summed E-state index contributed by atoms with van der Waals surface area (Å²) < 4.78 is 6.57. The SMILES string of the molecule is CN(Cc1ccccc1)Cc1cc2nc(Cl)nc(N3CCOCC3)c2s1. The average molecular weight is 389 g/mol. The van der Waals surface area contributed by atoms with Crippen molar-refractivity contribution in [1.82, 2.24) is 14.9 Å². The maximum atomic E-state index is 6.18. The predicted octanol–water partition coefficient (Wildman–Crippen LogP) is 3.81. The zero-order valence-corrected chi connectivity index (χ0v) is 16.3. The van der Waals surface area contributed by atoms with Crippen LogP contribution < -0.4 is 4.90 Å². The number of benzene rings is 1. The molecule has 5 nitrogen and oxygen atoms in total. The fraction of sp³-hybridized carbons (Fsp3) is 0.368. The van der Waals surface area contributed by atoms with Crippen LogP contribution in [0.25, 0.3) is 10.2 Å². The fourth-order valence-electron chi connectivity index (χ4n) is 3.22. The number of anilines is 1. The summed E-state index contributed by atoms with van der Waals surface area (Å²) in [7, 11) is 2.14. The molecule has 1 aliphatic heterocycles.